The zero-order chi connectivity index (χ0) is 11.0. The van der Waals surface area contributed by atoms with E-state index in [4.69, 9.17) is 0 Å². The molecule has 0 saturated heterocycles. The predicted octanol–water partition coefficient (Wildman–Crippen LogP) is 1.35. The predicted molar refractivity (Wildman–Crippen MR) is 61.7 cm³/mol. The summed E-state index contributed by atoms with van der Waals surface area (Å²) in [6.07, 6.45) is 9.10. The number of aryl methyl sites for hydroxylation is 1. The Morgan fingerprint density at radius 3 is 3.31 bits per heavy atom. The number of aromatic nitrogens is 3. The molecule has 2 aliphatic rings. The molecule has 1 aromatic heterocycles. The number of hydrogen-bond acceptors (Lipinski definition) is 3. The van der Waals surface area contributed by atoms with E-state index in [-0.39, 0.29) is 0 Å². The molecule has 1 saturated carbocycles. The maximum Gasteiger partial charge on any atom is 0.146 e. The van der Waals surface area contributed by atoms with Gasteiger partial charge in [0, 0.05) is 12.6 Å². The van der Waals surface area contributed by atoms with E-state index < -0.39 is 0 Å². The van der Waals surface area contributed by atoms with E-state index in [0.717, 1.165) is 30.7 Å². The fraction of sp³-hybridized carbons (Fsp3) is 0.667. The van der Waals surface area contributed by atoms with Gasteiger partial charge in [-0.1, -0.05) is 12.2 Å². The lowest BCUT2D eigenvalue weighted by atomic mass is 9.71. The number of nitrogens with one attached hydrogen (secondary N) is 1. The van der Waals surface area contributed by atoms with Gasteiger partial charge in [0.1, 0.15) is 12.2 Å². The lowest BCUT2D eigenvalue weighted by Gasteiger charge is -2.40. The molecule has 16 heavy (non-hydrogen) atoms. The largest absolute Gasteiger partial charge is 0.317 e. The third-order valence-corrected chi connectivity index (χ3v) is 3.92. The van der Waals surface area contributed by atoms with Crippen molar-refractivity contribution in [1.82, 2.24) is 20.1 Å². The van der Waals surface area contributed by atoms with E-state index in [2.05, 4.69) is 39.2 Å². The van der Waals surface area contributed by atoms with Crippen LogP contribution in [-0.4, -0.2) is 20.8 Å². The summed E-state index contributed by atoms with van der Waals surface area (Å²) in [7, 11) is 0. The summed E-state index contributed by atoms with van der Waals surface area (Å²) < 4.78 is 2.09. The van der Waals surface area contributed by atoms with Gasteiger partial charge in [-0.2, -0.15) is 0 Å². The highest BCUT2D eigenvalue weighted by Crippen LogP contribution is 2.42. The first-order chi connectivity index (χ1) is 7.88. The van der Waals surface area contributed by atoms with Gasteiger partial charge in [-0.25, -0.2) is 0 Å². The zero-order valence-corrected chi connectivity index (χ0v) is 9.63. The Kier molecular flexibility index (Phi) is 2.52. The highest BCUT2D eigenvalue weighted by molar-refractivity contribution is 5.13. The van der Waals surface area contributed by atoms with Crippen molar-refractivity contribution in [3.8, 4) is 0 Å². The van der Waals surface area contributed by atoms with Gasteiger partial charge in [0.15, 0.2) is 0 Å². The van der Waals surface area contributed by atoms with E-state index in [9.17, 15) is 0 Å². The van der Waals surface area contributed by atoms with E-state index >= 15 is 0 Å². The zero-order valence-electron chi connectivity index (χ0n) is 9.63. The van der Waals surface area contributed by atoms with Crippen LogP contribution >= 0.6 is 0 Å². The van der Waals surface area contributed by atoms with E-state index in [0.29, 0.717) is 6.04 Å². The average Bonchev–Trinajstić information content (AvgIpc) is 2.86. The van der Waals surface area contributed by atoms with Crippen LogP contribution in [0.1, 0.15) is 25.6 Å². The molecule has 1 heterocycles. The van der Waals surface area contributed by atoms with Crippen LogP contribution in [0, 0.1) is 11.8 Å². The summed E-state index contributed by atoms with van der Waals surface area (Å²) in [6.45, 7) is 3.90. The van der Waals surface area contributed by atoms with Gasteiger partial charge in [-0.3, -0.25) is 0 Å². The maximum absolute atomic E-state index is 4.14. The van der Waals surface area contributed by atoms with Crippen LogP contribution in [-0.2, 0) is 13.1 Å². The number of nitrogens with zero attached hydrogens (tertiary/aromatic N) is 3. The molecule has 86 valence electrons. The molecule has 0 amide bonds. The van der Waals surface area contributed by atoms with Crippen molar-refractivity contribution in [3.63, 3.8) is 0 Å². The Balaban J connectivity index is 1.55. The van der Waals surface area contributed by atoms with Crippen LogP contribution in [0.5, 0.6) is 0 Å². The average molecular weight is 218 g/mol. The first-order valence-corrected chi connectivity index (χ1v) is 6.15. The second-order valence-corrected chi connectivity index (χ2v) is 4.76. The highest BCUT2D eigenvalue weighted by atomic mass is 15.3. The van der Waals surface area contributed by atoms with Crippen molar-refractivity contribution in [2.24, 2.45) is 11.8 Å². The molecule has 1 fully saturated rings. The number of allylic oxidation sites excluding steroid dienone is 1. The standard InChI is InChI=1S/C12H18N4/c1-2-16-8-14-15-12(16)7-13-11-6-9-4-3-5-10(9)11/h3,5,8-11,13H,2,4,6-7H2,1H3. The third-order valence-electron chi connectivity index (χ3n) is 3.92. The van der Waals surface area contributed by atoms with Crippen molar-refractivity contribution in [3.05, 3.63) is 24.3 Å². The van der Waals surface area contributed by atoms with Gasteiger partial charge in [-0.15, -0.1) is 10.2 Å². The minimum Gasteiger partial charge on any atom is -0.317 e. The lowest BCUT2D eigenvalue weighted by Crippen LogP contribution is -2.47. The van der Waals surface area contributed by atoms with Crippen LogP contribution in [0.3, 0.4) is 0 Å². The number of fused-ring (bicyclic) bond motifs is 1. The molecular weight excluding hydrogens is 200 g/mol. The topological polar surface area (TPSA) is 42.7 Å². The fourth-order valence-corrected chi connectivity index (χ4v) is 2.85. The second-order valence-electron chi connectivity index (χ2n) is 4.76. The van der Waals surface area contributed by atoms with Gasteiger partial charge in [0.05, 0.1) is 6.54 Å². The Hall–Kier alpha value is -1.16. The molecule has 0 aliphatic heterocycles. The molecule has 2 aliphatic carbocycles. The van der Waals surface area contributed by atoms with Crippen molar-refractivity contribution < 1.29 is 0 Å². The molecule has 4 heteroatoms. The maximum atomic E-state index is 4.14. The van der Waals surface area contributed by atoms with E-state index in [1.165, 1.54) is 12.8 Å². The van der Waals surface area contributed by atoms with Crippen molar-refractivity contribution >= 4 is 0 Å². The molecule has 1 N–H and O–H groups in total. The summed E-state index contributed by atoms with van der Waals surface area (Å²) in [6, 6.07) is 0.658. The molecule has 4 nitrogen and oxygen atoms in total. The first kappa shape index (κ1) is 10.0. The number of hydrogen-bond donors (Lipinski definition) is 1. The summed E-state index contributed by atoms with van der Waals surface area (Å²) in [5, 5.41) is 11.7. The summed E-state index contributed by atoms with van der Waals surface area (Å²) in [4.78, 5) is 0. The van der Waals surface area contributed by atoms with Crippen LogP contribution in [0.15, 0.2) is 18.5 Å². The monoisotopic (exact) mass is 218 g/mol. The van der Waals surface area contributed by atoms with Gasteiger partial charge < -0.3 is 9.88 Å². The highest BCUT2D eigenvalue weighted by Gasteiger charge is 2.40. The molecule has 3 atom stereocenters. The van der Waals surface area contributed by atoms with Gasteiger partial charge in [0.2, 0.25) is 0 Å². The van der Waals surface area contributed by atoms with Crippen molar-refractivity contribution in [2.45, 2.75) is 38.9 Å². The van der Waals surface area contributed by atoms with E-state index in [1.54, 1.807) is 6.33 Å². The van der Waals surface area contributed by atoms with Gasteiger partial charge in [0.25, 0.3) is 0 Å². The third kappa shape index (κ3) is 1.57. The molecule has 1 aromatic rings. The minimum atomic E-state index is 0.658. The van der Waals surface area contributed by atoms with Crippen molar-refractivity contribution in [2.75, 3.05) is 0 Å². The quantitative estimate of drug-likeness (QED) is 0.776. The van der Waals surface area contributed by atoms with E-state index in [1.807, 2.05) is 0 Å². The molecule has 0 bridgehead atoms. The molecular formula is C12H18N4. The molecule has 3 rings (SSSR count). The van der Waals surface area contributed by atoms with Gasteiger partial charge in [-0.05, 0) is 31.6 Å². The Labute approximate surface area is 95.8 Å². The Bertz CT molecular complexity index is 395. The minimum absolute atomic E-state index is 0.658. The van der Waals surface area contributed by atoms with Crippen LogP contribution < -0.4 is 5.32 Å². The second kappa shape index (κ2) is 4.01. The summed E-state index contributed by atoms with van der Waals surface area (Å²) >= 11 is 0. The Morgan fingerprint density at radius 2 is 2.50 bits per heavy atom. The molecule has 0 spiro atoms. The normalized spacial score (nSPS) is 31.4. The molecule has 0 aromatic carbocycles. The molecule has 0 radical (unpaired) electrons. The van der Waals surface area contributed by atoms with Crippen LogP contribution in [0.25, 0.3) is 0 Å². The lowest BCUT2D eigenvalue weighted by molar-refractivity contribution is 0.161. The van der Waals surface area contributed by atoms with Crippen LogP contribution in [0.2, 0.25) is 0 Å². The number of rotatable bonds is 4. The van der Waals surface area contributed by atoms with Crippen LogP contribution in [0.4, 0.5) is 0 Å². The summed E-state index contributed by atoms with van der Waals surface area (Å²) in [5.74, 6) is 2.74. The fourth-order valence-electron chi connectivity index (χ4n) is 2.85. The van der Waals surface area contributed by atoms with Gasteiger partial charge >= 0.3 is 0 Å². The summed E-state index contributed by atoms with van der Waals surface area (Å²) in [5.41, 5.74) is 0. The first-order valence-electron chi connectivity index (χ1n) is 6.15. The molecule has 3 unspecified atom stereocenters. The Morgan fingerprint density at radius 1 is 1.56 bits per heavy atom. The van der Waals surface area contributed by atoms with Crippen molar-refractivity contribution in [1.29, 1.82) is 0 Å². The SMILES string of the molecule is CCn1cnnc1CNC1CC2CC=CC21. The smallest absolute Gasteiger partial charge is 0.146 e.